The van der Waals surface area contributed by atoms with Gasteiger partial charge in [0.2, 0.25) is 15.9 Å². The highest BCUT2D eigenvalue weighted by molar-refractivity contribution is 7.89. The van der Waals surface area contributed by atoms with Gasteiger partial charge in [0.25, 0.3) is 5.91 Å². The van der Waals surface area contributed by atoms with E-state index in [0.717, 1.165) is 4.31 Å². The maximum Gasteiger partial charge on any atom is 0.263 e. The molecule has 0 radical (unpaired) electrons. The summed E-state index contributed by atoms with van der Waals surface area (Å²) in [5.41, 5.74) is 1.50. The second-order valence-electron chi connectivity index (χ2n) is 6.11. The third-order valence-corrected chi connectivity index (χ3v) is 6.25. The Labute approximate surface area is 171 Å². The van der Waals surface area contributed by atoms with E-state index in [1.54, 1.807) is 6.92 Å². The Bertz CT molecular complexity index is 873. The average Bonchev–Trinajstić information content (AvgIpc) is 2.92. The van der Waals surface area contributed by atoms with Crippen molar-refractivity contribution in [3.05, 3.63) is 24.3 Å². The number of carbonyl (C=O) groups excluding carboxylic acids is 2. The number of hydrogen-bond acceptors (Lipinski definition) is 6. The van der Waals surface area contributed by atoms with Crippen LogP contribution < -0.4 is 10.2 Å². The highest BCUT2D eigenvalue weighted by Crippen LogP contribution is 2.24. The minimum atomic E-state index is -4.04. The van der Waals surface area contributed by atoms with Crippen molar-refractivity contribution in [1.82, 2.24) is 14.7 Å². The number of nitrogens with zero attached hydrogens (tertiary/aromatic N) is 2. The fraction of sp³-hybridized carbons (Fsp3) is 0.474. The molecule has 0 bridgehead atoms. The van der Waals surface area contributed by atoms with E-state index in [0.29, 0.717) is 18.7 Å². The van der Waals surface area contributed by atoms with E-state index in [2.05, 4.69) is 11.8 Å². The third kappa shape index (κ3) is 5.93. The summed E-state index contributed by atoms with van der Waals surface area (Å²) in [6.07, 6.45) is 0.366. The predicted octanol–water partition coefficient (Wildman–Crippen LogP) is 0.842. The van der Waals surface area contributed by atoms with Crippen LogP contribution in [-0.2, 0) is 19.6 Å². The number of hydrogen-bond donors (Lipinski definition) is 2. The van der Waals surface area contributed by atoms with Gasteiger partial charge in [0.05, 0.1) is 4.90 Å². The Kier molecular flexibility index (Phi) is 9.10. The van der Waals surface area contributed by atoms with Gasteiger partial charge in [0.15, 0.2) is 0 Å². The zero-order valence-electron chi connectivity index (χ0n) is 15.7. The van der Waals surface area contributed by atoms with Gasteiger partial charge in [-0.05, 0) is 37.6 Å². The molecule has 9 nitrogen and oxygen atoms in total. The molecular formula is C19H27N3O6S. The Balaban J connectivity index is 0.00000420. The predicted molar refractivity (Wildman–Crippen MR) is 107 cm³/mol. The van der Waals surface area contributed by atoms with Gasteiger partial charge in [-0.15, -0.1) is 5.92 Å². The van der Waals surface area contributed by atoms with Gasteiger partial charge >= 0.3 is 0 Å². The molecule has 0 spiro atoms. The molecule has 10 heteroatoms. The number of amides is 2. The van der Waals surface area contributed by atoms with E-state index in [-0.39, 0.29) is 37.9 Å². The van der Waals surface area contributed by atoms with Crippen LogP contribution in [0.2, 0.25) is 0 Å². The highest BCUT2D eigenvalue weighted by atomic mass is 32.2. The quantitative estimate of drug-likeness (QED) is 0.410. The van der Waals surface area contributed by atoms with Crippen LogP contribution in [-0.4, -0.2) is 66.9 Å². The molecule has 1 aromatic rings. The molecule has 2 rings (SSSR count). The molecule has 29 heavy (non-hydrogen) atoms. The maximum atomic E-state index is 13.1. The van der Waals surface area contributed by atoms with E-state index in [1.807, 2.05) is 0 Å². The Hall–Kier alpha value is -2.61. The van der Waals surface area contributed by atoms with E-state index in [1.165, 1.54) is 41.6 Å². The van der Waals surface area contributed by atoms with Crippen LogP contribution in [0.1, 0.15) is 27.7 Å². The van der Waals surface area contributed by atoms with Gasteiger partial charge in [0, 0.05) is 26.6 Å². The molecule has 1 aliphatic heterocycles. The molecule has 2 amide bonds. The first-order valence-electron chi connectivity index (χ1n) is 8.65. The van der Waals surface area contributed by atoms with Gasteiger partial charge in [-0.3, -0.25) is 14.8 Å². The first-order valence-corrected chi connectivity index (χ1v) is 10.1. The van der Waals surface area contributed by atoms with Crippen molar-refractivity contribution in [2.75, 3.05) is 26.2 Å². The Morgan fingerprint density at radius 3 is 2.48 bits per heavy atom. The molecule has 1 atom stereocenters. The molecular weight excluding hydrogens is 398 g/mol. The van der Waals surface area contributed by atoms with Crippen molar-refractivity contribution < 1.29 is 28.0 Å². The van der Waals surface area contributed by atoms with Crippen LogP contribution >= 0.6 is 0 Å². The van der Waals surface area contributed by atoms with Gasteiger partial charge < -0.3 is 9.64 Å². The van der Waals surface area contributed by atoms with Gasteiger partial charge in [-0.25, -0.2) is 13.9 Å². The summed E-state index contributed by atoms with van der Waals surface area (Å²) in [4.78, 5) is 25.2. The van der Waals surface area contributed by atoms with Crippen LogP contribution in [0.5, 0.6) is 5.75 Å². The second-order valence-corrected chi connectivity index (χ2v) is 8.00. The molecule has 1 fully saturated rings. The number of benzene rings is 1. The molecule has 0 aromatic heterocycles. The second kappa shape index (κ2) is 10.8. The van der Waals surface area contributed by atoms with Crippen molar-refractivity contribution in [1.29, 1.82) is 0 Å². The number of rotatable bonds is 5. The van der Waals surface area contributed by atoms with Crippen molar-refractivity contribution in [3.8, 4) is 17.6 Å². The van der Waals surface area contributed by atoms with E-state index >= 15 is 0 Å². The van der Waals surface area contributed by atoms with Gasteiger partial charge in [-0.1, -0.05) is 13.3 Å². The van der Waals surface area contributed by atoms with Crippen LogP contribution in [0.3, 0.4) is 0 Å². The van der Waals surface area contributed by atoms with Crippen molar-refractivity contribution in [3.63, 3.8) is 0 Å². The molecule has 0 aliphatic carbocycles. The molecule has 2 N–H and O–H groups in total. The van der Waals surface area contributed by atoms with Crippen LogP contribution in [0.25, 0.3) is 0 Å². The average molecular weight is 426 g/mol. The standard InChI is InChI=1S/C18H23N3O6S.CH4/c1-3-4-12-27-15-6-8-16(9-7-15)28(25,26)21-11-5-10-20(14(2)22)13-17(21)18(23)19-24;/h6-9,17,24H,5,10-13H2,1-2H3,(H,19,23);1H4. The minimum Gasteiger partial charge on any atom is -0.481 e. The third-order valence-electron chi connectivity index (χ3n) is 4.32. The number of sulfonamides is 1. The summed E-state index contributed by atoms with van der Waals surface area (Å²) in [6, 6.07) is 4.53. The summed E-state index contributed by atoms with van der Waals surface area (Å²) in [6.45, 7) is 3.44. The zero-order valence-corrected chi connectivity index (χ0v) is 16.5. The largest absolute Gasteiger partial charge is 0.481 e. The van der Waals surface area contributed by atoms with Crippen LogP contribution in [0, 0.1) is 11.8 Å². The molecule has 1 aromatic carbocycles. The Morgan fingerprint density at radius 1 is 1.28 bits per heavy atom. The molecule has 1 heterocycles. The number of nitrogens with one attached hydrogen (secondary N) is 1. The van der Waals surface area contributed by atoms with E-state index in [4.69, 9.17) is 9.94 Å². The van der Waals surface area contributed by atoms with Crippen LogP contribution in [0.15, 0.2) is 29.2 Å². The summed E-state index contributed by atoms with van der Waals surface area (Å²) < 4.78 is 32.6. The number of ether oxygens (including phenoxy) is 1. The fourth-order valence-electron chi connectivity index (χ4n) is 2.86. The monoisotopic (exact) mass is 425 g/mol. The lowest BCUT2D eigenvalue weighted by atomic mass is 10.2. The molecule has 1 aliphatic rings. The smallest absolute Gasteiger partial charge is 0.263 e. The Morgan fingerprint density at radius 2 is 1.93 bits per heavy atom. The summed E-state index contributed by atoms with van der Waals surface area (Å²) in [7, 11) is -4.04. The number of carbonyl (C=O) groups is 2. The lowest BCUT2D eigenvalue weighted by molar-refractivity contribution is -0.135. The van der Waals surface area contributed by atoms with Gasteiger partial charge in [-0.2, -0.15) is 4.31 Å². The maximum absolute atomic E-state index is 13.1. The topological polar surface area (TPSA) is 116 Å². The lowest BCUT2D eigenvalue weighted by Crippen LogP contribution is -2.53. The summed E-state index contributed by atoms with van der Waals surface area (Å²) in [5, 5.41) is 9.04. The lowest BCUT2D eigenvalue weighted by Gasteiger charge is -2.29. The van der Waals surface area contributed by atoms with Crippen molar-refractivity contribution >= 4 is 21.8 Å². The SMILES string of the molecule is C.CC#CCOc1ccc(S(=O)(=O)N2CCCN(C(C)=O)CC2C(=O)NO)cc1. The molecule has 1 unspecified atom stereocenters. The first-order chi connectivity index (χ1) is 13.3. The van der Waals surface area contributed by atoms with Crippen molar-refractivity contribution in [2.45, 2.75) is 38.6 Å². The minimum absolute atomic E-state index is 0. The normalized spacial score (nSPS) is 17.2. The molecule has 160 valence electrons. The van der Waals surface area contributed by atoms with E-state index < -0.39 is 22.0 Å². The first kappa shape index (κ1) is 24.4. The highest BCUT2D eigenvalue weighted by Gasteiger charge is 2.39. The molecule has 1 saturated heterocycles. The van der Waals surface area contributed by atoms with Crippen LogP contribution in [0.4, 0.5) is 0 Å². The summed E-state index contributed by atoms with van der Waals surface area (Å²) in [5.74, 6) is 4.73. The fourth-order valence-corrected chi connectivity index (χ4v) is 4.48. The van der Waals surface area contributed by atoms with E-state index in [9.17, 15) is 18.0 Å². The number of hydroxylamine groups is 1. The zero-order chi connectivity index (χ0) is 20.7. The van der Waals surface area contributed by atoms with Crippen molar-refractivity contribution in [2.24, 2.45) is 0 Å². The summed E-state index contributed by atoms with van der Waals surface area (Å²) >= 11 is 0. The molecule has 0 saturated carbocycles. The van der Waals surface area contributed by atoms with Gasteiger partial charge in [0.1, 0.15) is 18.4 Å².